The maximum atomic E-state index is 12.0. The van der Waals surface area contributed by atoms with Crippen LogP contribution in [0.15, 0.2) is 22.7 Å². The molecule has 0 radical (unpaired) electrons. The lowest BCUT2D eigenvalue weighted by molar-refractivity contribution is -0.00271. The maximum absolute atomic E-state index is 12.0. The number of hydrogen-bond acceptors (Lipinski definition) is 3. The van der Waals surface area contributed by atoms with Crippen molar-refractivity contribution in [3.63, 3.8) is 0 Å². The highest BCUT2D eigenvalue weighted by molar-refractivity contribution is 9.10. The maximum Gasteiger partial charge on any atom is 0.265 e. The van der Waals surface area contributed by atoms with Crippen LogP contribution in [0.25, 0.3) is 0 Å². The van der Waals surface area contributed by atoms with E-state index in [1.54, 1.807) is 12.1 Å². The number of aliphatic hydroxyl groups excluding tert-OH is 1. The van der Waals surface area contributed by atoms with Crippen LogP contribution in [0.1, 0.15) is 10.4 Å². The first-order valence-corrected chi connectivity index (χ1v) is 5.83. The number of carbonyl (C=O) groups is 1. The van der Waals surface area contributed by atoms with Crippen molar-refractivity contribution in [1.82, 2.24) is 5.32 Å². The van der Waals surface area contributed by atoms with E-state index in [-0.39, 0.29) is 5.56 Å². The van der Waals surface area contributed by atoms with Gasteiger partial charge < -0.3 is 15.2 Å². The molecule has 1 unspecified atom stereocenters. The summed E-state index contributed by atoms with van der Waals surface area (Å²) in [5.41, 5.74) is 0.210. The van der Waals surface area contributed by atoms with Gasteiger partial charge in [0.1, 0.15) is 11.9 Å². The van der Waals surface area contributed by atoms with Crippen LogP contribution in [0.5, 0.6) is 5.75 Å². The van der Waals surface area contributed by atoms with Crippen molar-refractivity contribution in [2.24, 2.45) is 0 Å². The van der Waals surface area contributed by atoms with Gasteiger partial charge in [0, 0.05) is 11.0 Å². The van der Waals surface area contributed by atoms with E-state index in [1.807, 2.05) is 0 Å². The van der Waals surface area contributed by atoms with Crippen molar-refractivity contribution in [3.8, 4) is 5.75 Å². The number of methoxy groups -OCH3 is 1. The Morgan fingerprint density at radius 2 is 2.22 bits per heavy atom. The number of aliphatic hydroxyl groups is 1. The summed E-state index contributed by atoms with van der Waals surface area (Å²) in [4.78, 5) is 11.7. The first kappa shape index (κ1) is 14.8. The molecule has 0 aliphatic rings. The normalized spacial score (nSPS) is 12.3. The third-order valence-corrected chi connectivity index (χ3v) is 2.66. The molecule has 0 fully saturated rings. The van der Waals surface area contributed by atoms with Crippen LogP contribution >= 0.6 is 15.9 Å². The van der Waals surface area contributed by atoms with E-state index in [2.05, 4.69) is 21.2 Å². The van der Waals surface area contributed by atoms with Gasteiger partial charge in [-0.15, -0.1) is 0 Å². The van der Waals surface area contributed by atoms with E-state index >= 15 is 0 Å². The quantitative estimate of drug-likeness (QED) is 0.869. The largest absolute Gasteiger partial charge is 0.496 e. The molecule has 0 bridgehead atoms. The van der Waals surface area contributed by atoms with Crippen LogP contribution in [-0.4, -0.2) is 37.2 Å². The standard InChI is InChI=1S/C11H12BrF2NO3/c1-18-9-4-6(12)2-3-7(9)11(17)15-5-8(16)10(13)14/h2-4,8,10,16H,5H2,1H3,(H,15,17). The average Bonchev–Trinajstić information content (AvgIpc) is 2.34. The number of ether oxygens (including phenoxy) is 1. The molecule has 1 aromatic carbocycles. The van der Waals surface area contributed by atoms with Gasteiger partial charge in [0.05, 0.1) is 12.7 Å². The van der Waals surface area contributed by atoms with Gasteiger partial charge in [0.15, 0.2) is 0 Å². The fraction of sp³-hybridized carbons (Fsp3) is 0.364. The summed E-state index contributed by atoms with van der Waals surface area (Å²) in [6.45, 7) is -0.518. The predicted octanol–water partition coefficient (Wildman–Crippen LogP) is 1.81. The second-order valence-corrected chi connectivity index (χ2v) is 4.37. The molecule has 0 saturated heterocycles. The Hall–Kier alpha value is -1.21. The molecule has 0 aliphatic carbocycles. The van der Waals surface area contributed by atoms with Crippen LogP contribution in [0, 0.1) is 0 Å². The first-order valence-electron chi connectivity index (χ1n) is 5.03. The van der Waals surface area contributed by atoms with Gasteiger partial charge in [0.25, 0.3) is 12.3 Å². The number of hydrogen-bond donors (Lipinski definition) is 2. The van der Waals surface area contributed by atoms with Gasteiger partial charge >= 0.3 is 0 Å². The van der Waals surface area contributed by atoms with Gasteiger partial charge in [0.2, 0.25) is 0 Å². The van der Waals surface area contributed by atoms with E-state index < -0.39 is 25.0 Å². The molecule has 0 aliphatic heterocycles. The van der Waals surface area contributed by atoms with Crippen molar-refractivity contribution in [1.29, 1.82) is 0 Å². The number of nitrogens with one attached hydrogen (secondary N) is 1. The Morgan fingerprint density at radius 1 is 1.56 bits per heavy atom. The third kappa shape index (κ3) is 3.92. The highest BCUT2D eigenvalue weighted by Gasteiger charge is 2.19. The minimum atomic E-state index is -2.89. The van der Waals surface area contributed by atoms with Crippen molar-refractivity contribution in [3.05, 3.63) is 28.2 Å². The lowest BCUT2D eigenvalue weighted by atomic mass is 10.2. The zero-order valence-corrected chi connectivity index (χ0v) is 11.1. The highest BCUT2D eigenvalue weighted by atomic mass is 79.9. The molecule has 4 nitrogen and oxygen atoms in total. The molecular weight excluding hydrogens is 312 g/mol. The summed E-state index contributed by atoms with van der Waals surface area (Å²) in [7, 11) is 1.40. The number of benzene rings is 1. The summed E-state index contributed by atoms with van der Waals surface area (Å²) >= 11 is 3.22. The molecule has 1 aromatic rings. The zero-order chi connectivity index (χ0) is 13.7. The van der Waals surface area contributed by atoms with Gasteiger partial charge in [-0.1, -0.05) is 15.9 Å². The lowest BCUT2D eigenvalue weighted by Gasteiger charge is -2.12. The van der Waals surface area contributed by atoms with Crippen LogP contribution in [0.3, 0.4) is 0 Å². The van der Waals surface area contributed by atoms with Crippen LogP contribution in [0.2, 0.25) is 0 Å². The van der Waals surface area contributed by atoms with Crippen LogP contribution in [0.4, 0.5) is 8.78 Å². The second kappa shape index (κ2) is 6.65. The summed E-state index contributed by atoms with van der Waals surface area (Å²) in [6, 6.07) is 4.70. The second-order valence-electron chi connectivity index (χ2n) is 3.46. The minimum Gasteiger partial charge on any atom is -0.496 e. The van der Waals surface area contributed by atoms with E-state index in [0.717, 1.165) is 4.47 Å². The molecule has 18 heavy (non-hydrogen) atoms. The molecule has 1 atom stereocenters. The fourth-order valence-corrected chi connectivity index (χ4v) is 1.57. The summed E-state index contributed by atoms with van der Waals surface area (Å²) in [6.07, 6.45) is -4.77. The Balaban J connectivity index is 2.72. The smallest absolute Gasteiger partial charge is 0.265 e. The first-order chi connectivity index (χ1) is 8.45. The third-order valence-electron chi connectivity index (χ3n) is 2.17. The van der Waals surface area contributed by atoms with Gasteiger partial charge in [-0.2, -0.15) is 0 Å². The predicted molar refractivity (Wildman–Crippen MR) is 65.0 cm³/mol. The van der Waals surface area contributed by atoms with E-state index in [4.69, 9.17) is 9.84 Å². The molecule has 2 N–H and O–H groups in total. The number of amides is 1. The van der Waals surface area contributed by atoms with Crippen LogP contribution < -0.4 is 10.1 Å². The van der Waals surface area contributed by atoms with Crippen molar-refractivity contribution in [2.45, 2.75) is 12.5 Å². The molecule has 0 aromatic heterocycles. The van der Waals surface area contributed by atoms with Crippen molar-refractivity contribution < 1.29 is 23.4 Å². The van der Waals surface area contributed by atoms with Gasteiger partial charge in [-0.05, 0) is 18.2 Å². The molecule has 0 spiro atoms. The Bertz CT molecular complexity index is 429. The number of rotatable bonds is 5. The topological polar surface area (TPSA) is 58.6 Å². The fourth-order valence-electron chi connectivity index (χ4n) is 1.23. The Morgan fingerprint density at radius 3 is 2.78 bits per heavy atom. The molecule has 0 saturated carbocycles. The molecule has 1 amide bonds. The highest BCUT2D eigenvalue weighted by Crippen LogP contribution is 2.23. The zero-order valence-electron chi connectivity index (χ0n) is 9.49. The number of halogens is 3. The van der Waals surface area contributed by atoms with E-state index in [9.17, 15) is 13.6 Å². The van der Waals surface area contributed by atoms with E-state index in [1.165, 1.54) is 13.2 Å². The Labute approximate surface area is 111 Å². The minimum absolute atomic E-state index is 0.210. The lowest BCUT2D eigenvalue weighted by Crippen LogP contribution is -2.35. The number of alkyl halides is 2. The average molecular weight is 324 g/mol. The van der Waals surface area contributed by atoms with E-state index in [0.29, 0.717) is 5.75 Å². The molecule has 7 heteroatoms. The molecular formula is C11H12BrF2NO3. The van der Waals surface area contributed by atoms with Crippen LogP contribution in [-0.2, 0) is 0 Å². The summed E-state index contributed by atoms with van der Waals surface area (Å²) in [5, 5.41) is 11.1. The molecule has 1 rings (SSSR count). The summed E-state index contributed by atoms with van der Waals surface area (Å²) in [5.74, 6) is -0.271. The molecule has 0 heterocycles. The molecule has 100 valence electrons. The van der Waals surface area contributed by atoms with Crippen molar-refractivity contribution in [2.75, 3.05) is 13.7 Å². The Kier molecular flexibility index (Phi) is 5.49. The summed E-state index contributed by atoms with van der Waals surface area (Å²) < 4.78 is 29.8. The van der Waals surface area contributed by atoms with Gasteiger partial charge in [-0.25, -0.2) is 8.78 Å². The number of carbonyl (C=O) groups excluding carboxylic acids is 1. The van der Waals surface area contributed by atoms with Crippen molar-refractivity contribution >= 4 is 21.8 Å². The monoisotopic (exact) mass is 323 g/mol. The SMILES string of the molecule is COc1cc(Br)ccc1C(=O)NCC(O)C(F)F. The van der Waals surface area contributed by atoms with Gasteiger partial charge in [-0.3, -0.25) is 4.79 Å².